The number of carbonyl (C=O) groups excluding carboxylic acids is 1. The van der Waals surface area contributed by atoms with Crippen molar-refractivity contribution in [1.82, 2.24) is 4.90 Å². The van der Waals surface area contributed by atoms with E-state index in [1.807, 2.05) is 60.7 Å². The molecule has 1 heterocycles. The first-order chi connectivity index (χ1) is 10.1. The molecule has 108 valence electrons. The zero-order valence-electron chi connectivity index (χ0n) is 12.1. The van der Waals surface area contributed by atoms with Gasteiger partial charge in [-0.25, -0.2) is 0 Å². The summed E-state index contributed by atoms with van der Waals surface area (Å²) in [4.78, 5) is 14.3. The van der Waals surface area contributed by atoms with Gasteiger partial charge >= 0.3 is 0 Å². The van der Waals surface area contributed by atoms with Gasteiger partial charge < -0.3 is 10.0 Å². The van der Waals surface area contributed by atoms with E-state index in [0.717, 1.165) is 11.1 Å². The summed E-state index contributed by atoms with van der Waals surface area (Å²) in [6.45, 7) is 0. The zero-order valence-corrected chi connectivity index (χ0v) is 12.1. The van der Waals surface area contributed by atoms with Crippen molar-refractivity contribution in [3.05, 3.63) is 71.8 Å². The third-order valence-electron chi connectivity index (χ3n) is 4.38. The fourth-order valence-corrected chi connectivity index (χ4v) is 3.20. The molecule has 0 radical (unpaired) electrons. The average molecular weight is 281 g/mol. The second-order valence-corrected chi connectivity index (χ2v) is 5.71. The standard InChI is InChI=1S/C18H19NO2/c1-19-16(20)13-18(17(19)21,15-10-6-3-7-11-15)12-14-8-4-2-5-9-14/h2-11,16,20H,12-13H2,1H3. The predicted octanol–water partition coefficient (Wildman–Crippen LogP) is 2.35. The lowest BCUT2D eigenvalue weighted by Crippen LogP contribution is -2.38. The minimum absolute atomic E-state index is 0.00921. The van der Waals surface area contributed by atoms with Crippen LogP contribution in [0.5, 0.6) is 0 Å². The van der Waals surface area contributed by atoms with Crippen LogP contribution in [-0.2, 0) is 16.6 Å². The van der Waals surface area contributed by atoms with Gasteiger partial charge in [0.05, 0.1) is 5.41 Å². The molecule has 2 unspecified atom stereocenters. The van der Waals surface area contributed by atoms with Gasteiger partial charge in [0, 0.05) is 13.5 Å². The molecule has 1 aliphatic rings. The molecule has 0 spiro atoms. The predicted molar refractivity (Wildman–Crippen MR) is 81.7 cm³/mol. The molecule has 2 aromatic rings. The first-order valence-corrected chi connectivity index (χ1v) is 7.18. The molecule has 0 aromatic heterocycles. The minimum Gasteiger partial charge on any atom is -0.373 e. The summed E-state index contributed by atoms with van der Waals surface area (Å²) in [6, 6.07) is 19.8. The Morgan fingerprint density at radius 1 is 1.10 bits per heavy atom. The Morgan fingerprint density at radius 2 is 1.67 bits per heavy atom. The maximum absolute atomic E-state index is 12.8. The van der Waals surface area contributed by atoms with Crippen molar-refractivity contribution in [2.75, 3.05) is 7.05 Å². The van der Waals surface area contributed by atoms with Gasteiger partial charge in [-0.15, -0.1) is 0 Å². The van der Waals surface area contributed by atoms with Gasteiger partial charge in [-0.1, -0.05) is 60.7 Å². The molecule has 1 amide bonds. The SMILES string of the molecule is CN1C(=O)C(Cc2ccccc2)(c2ccccc2)CC1O. The Balaban J connectivity index is 2.06. The minimum atomic E-state index is -0.721. The maximum Gasteiger partial charge on any atom is 0.235 e. The van der Waals surface area contributed by atoms with Crippen LogP contribution in [0.2, 0.25) is 0 Å². The van der Waals surface area contributed by atoms with Crippen LogP contribution in [0.3, 0.4) is 0 Å². The fourth-order valence-electron chi connectivity index (χ4n) is 3.20. The topological polar surface area (TPSA) is 40.5 Å². The van der Waals surface area contributed by atoms with Crippen LogP contribution in [0.15, 0.2) is 60.7 Å². The van der Waals surface area contributed by atoms with Gasteiger partial charge in [0.25, 0.3) is 0 Å². The lowest BCUT2D eigenvalue weighted by molar-refractivity contribution is -0.134. The summed E-state index contributed by atoms with van der Waals surface area (Å²) in [6.07, 6.45) is 0.320. The van der Waals surface area contributed by atoms with Crippen LogP contribution in [0, 0.1) is 0 Å². The highest BCUT2D eigenvalue weighted by Gasteiger charge is 2.50. The van der Waals surface area contributed by atoms with Crippen molar-refractivity contribution in [3.8, 4) is 0 Å². The highest BCUT2D eigenvalue weighted by Crippen LogP contribution is 2.40. The molecule has 21 heavy (non-hydrogen) atoms. The van der Waals surface area contributed by atoms with Crippen molar-refractivity contribution in [3.63, 3.8) is 0 Å². The molecule has 3 rings (SSSR count). The number of aliphatic hydroxyl groups is 1. The van der Waals surface area contributed by atoms with Crippen LogP contribution < -0.4 is 0 Å². The fraction of sp³-hybridized carbons (Fsp3) is 0.278. The summed E-state index contributed by atoms with van der Waals surface area (Å²) in [5.41, 5.74) is 1.41. The number of amides is 1. The third kappa shape index (κ3) is 2.34. The summed E-state index contributed by atoms with van der Waals surface area (Å²) in [5, 5.41) is 10.1. The Labute approximate surface area is 124 Å². The van der Waals surface area contributed by atoms with Crippen molar-refractivity contribution >= 4 is 5.91 Å². The Kier molecular flexibility index (Phi) is 3.52. The van der Waals surface area contributed by atoms with E-state index in [9.17, 15) is 9.90 Å². The molecule has 3 nitrogen and oxygen atoms in total. The van der Waals surface area contributed by atoms with Crippen LogP contribution in [0.25, 0.3) is 0 Å². The van der Waals surface area contributed by atoms with Crippen molar-refractivity contribution < 1.29 is 9.90 Å². The molecule has 1 fully saturated rings. The molecule has 2 aromatic carbocycles. The number of likely N-dealkylation sites (tertiary alicyclic amines) is 1. The highest BCUT2D eigenvalue weighted by molar-refractivity contribution is 5.90. The molecule has 1 N–H and O–H groups in total. The van der Waals surface area contributed by atoms with Crippen molar-refractivity contribution in [2.45, 2.75) is 24.5 Å². The van der Waals surface area contributed by atoms with E-state index < -0.39 is 11.6 Å². The molecule has 0 saturated carbocycles. The molecular weight excluding hydrogens is 262 g/mol. The van der Waals surface area contributed by atoms with E-state index in [4.69, 9.17) is 0 Å². The highest BCUT2D eigenvalue weighted by atomic mass is 16.3. The van der Waals surface area contributed by atoms with Crippen molar-refractivity contribution in [2.24, 2.45) is 0 Å². The van der Waals surface area contributed by atoms with Crippen molar-refractivity contribution in [1.29, 1.82) is 0 Å². The van der Waals surface area contributed by atoms with Gasteiger partial charge in [0.1, 0.15) is 6.23 Å². The Hall–Kier alpha value is -2.13. The van der Waals surface area contributed by atoms with Crippen LogP contribution in [-0.4, -0.2) is 29.2 Å². The van der Waals surface area contributed by atoms with Crippen LogP contribution >= 0.6 is 0 Å². The molecule has 1 saturated heterocycles. The second kappa shape index (κ2) is 5.34. The van der Waals surface area contributed by atoms with E-state index in [0.29, 0.717) is 12.8 Å². The smallest absolute Gasteiger partial charge is 0.235 e. The molecule has 2 atom stereocenters. The summed E-state index contributed by atoms with van der Waals surface area (Å²) in [7, 11) is 1.67. The van der Waals surface area contributed by atoms with Gasteiger partial charge in [-0.3, -0.25) is 4.79 Å². The summed E-state index contributed by atoms with van der Waals surface area (Å²) in [5.74, 6) is -0.00921. The largest absolute Gasteiger partial charge is 0.373 e. The lowest BCUT2D eigenvalue weighted by atomic mass is 9.74. The molecule has 1 aliphatic heterocycles. The number of likely N-dealkylation sites (N-methyl/N-ethyl adjacent to an activating group) is 1. The van der Waals surface area contributed by atoms with Crippen LogP contribution in [0.1, 0.15) is 17.5 Å². The zero-order chi connectivity index (χ0) is 14.9. The van der Waals surface area contributed by atoms with E-state index >= 15 is 0 Å². The van der Waals surface area contributed by atoms with E-state index in [2.05, 4.69) is 0 Å². The second-order valence-electron chi connectivity index (χ2n) is 5.71. The number of carbonyl (C=O) groups is 1. The third-order valence-corrected chi connectivity index (χ3v) is 4.38. The molecule has 0 bridgehead atoms. The first kappa shape index (κ1) is 13.8. The Morgan fingerprint density at radius 3 is 2.19 bits per heavy atom. The van der Waals surface area contributed by atoms with Gasteiger partial charge in [-0.05, 0) is 17.5 Å². The van der Waals surface area contributed by atoms with Gasteiger partial charge in [0.15, 0.2) is 0 Å². The number of benzene rings is 2. The normalized spacial score (nSPS) is 25.3. The quantitative estimate of drug-likeness (QED) is 0.938. The number of hydrogen-bond acceptors (Lipinski definition) is 2. The van der Waals surface area contributed by atoms with E-state index in [-0.39, 0.29) is 5.91 Å². The number of nitrogens with zero attached hydrogens (tertiary/aromatic N) is 1. The maximum atomic E-state index is 12.8. The molecular formula is C18H19NO2. The van der Waals surface area contributed by atoms with Gasteiger partial charge in [-0.2, -0.15) is 0 Å². The first-order valence-electron chi connectivity index (χ1n) is 7.18. The summed E-state index contributed by atoms with van der Waals surface area (Å²) < 4.78 is 0. The number of aliphatic hydroxyl groups excluding tert-OH is 1. The number of rotatable bonds is 3. The number of hydrogen-bond donors (Lipinski definition) is 1. The van der Waals surface area contributed by atoms with Crippen LogP contribution in [0.4, 0.5) is 0 Å². The molecule has 3 heteroatoms. The van der Waals surface area contributed by atoms with E-state index in [1.165, 1.54) is 4.90 Å². The van der Waals surface area contributed by atoms with Gasteiger partial charge in [0.2, 0.25) is 5.91 Å². The van der Waals surface area contributed by atoms with E-state index in [1.54, 1.807) is 7.05 Å². The lowest BCUT2D eigenvalue weighted by Gasteiger charge is -2.27. The summed E-state index contributed by atoms with van der Waals surface area (Å²) >= 11 is 0. The monoisotopic (exact) mass is 281 g/mol. The molecule has 0 aliphatic carbocycles. The average Bonchev–Trinajstić information content (AvgIpc) is 2.74. The Bertz CT molecular complexity index is 626.